The maximum Gasteiger partial charge on any atom is 0.322 e. The fourth-order valence-electron chi connectivity index (χ4n) is 1.06. The van der Waals surface area contributed by atoms with Crippen molar-refractivity contribution in [3.05, 3.63) is 0 Å². The van der Waals surface area contributed by atoms with E-state index in [1.54, 1.807) is 0 Å². The van der Waals surface area contributed by atoms with Crippen molar-refractivity contribution >= 4 is 42.5 Å². The fraction of sp³-hybridized carbons (Fsp3) is 0.688. The van der Waals surface area contributed by atoms with Gasteiger partial charge in [-0.25, -0.2) is 0 Å². The van der Waals surface area contributed by atoms with Gasteiger partial charge in [-0.1, -0.05) is 6.42 Å². The van der Waals surface area contributed by atoms with Gasteiger partial charge in [0.15, 0.2) is 0 Å². The summed E-state index contributed by atoms with van der Waals surface area (Å²) in [5.41, 5.74) is 25.0. The van der Waals surface area contributed by atoms with Crippen molar-refractivity contribution in [2.24, 2.45) is 28.7 Å². The molecule has 0 aromatic carbocycles. The minimum atomic E-state index is -1.29. The number of unbranched alkanes of at least 4 members (excludes halogenated alkanes) is 1. The predicted molar refractivity (Wildman–Crippen MR) is 119 cm³/mol. The van der Waals surface area contributed by atoms with Gasteiger partial charge in [0.25, 0.3) is 0 Å². The Morgan fingerprint density at radius 3 is 1.21 bits per heavy atom. The molecule has 17 heteroatoms. The van der Waals surface area contributed by atoms with Crippen molar-refractivity contribution in [1.82, 2.24) is 0 Å². The topological polar surface area (TPSA) is 337 Å². The first-order valence-corrected chi connectivity index (χ1v) is 9.79. The molecular formula is C16H35N5O11S. The molecule has 0 saturated heterocycles. The molecule has 0 aliphatic carbocycles. The van der Waals surface area contributed by atoms with Gasteiger partial charge < -0.3 is 59.3 Å². The number of carboxylic acids is 5. The van der Waals surface area contributed by atoms with Gasteiger partial charge >= 0.3 is 29.8 Å². The molecule has 0 aromatic rings. The van der Waals surface area contributed by atoms with Crippen LogP contribution in [0, 0.1) is 0 Å². The largest absolute Gasteiger partial charge is 0.481 e. The number of nitrogens with two attached hydrogens (primary N) is 5. The third-order valence-electron chi connectivity index (χ3n) is 3.03. The van der Waals surface area contributed by atoms with Gasteiger partial charge in [0, 0.05) is 5.75 Å². The minimum absolute atomic E-state index is 0.190. The lowest BCUT2D eigenvalue weighted by Gasteiger charge is -2.03. The van der Waals surface area contributed by atoms with Crippen LogP contribution in [0.4, 0.5) is 0 Å². The molecule has 33 heavy (non-hydrogen) atoms. The Bertz CT molecular complexity index is 563. The Hall–Kier alpha value is -2.54. The van der Waals surface area contributed by atoms with E-state index in [1.165, 1.54) is 0 Å². The molecule has 0 amide bonds. The summed E-state index contributed by atoms with van der Waals surface area (Å²) in [5, 5.41) is 48.3. The molecule has 0 fully saturated rings. The van der Waals surface area contributed by atoms with Crippen LogP contribution in [0.3, 0.4) is 0 Å². The number of thiol groups is 1. The van der Waals surface area contributed by atoms with Crippen molar-refractivity contribution in [2.45, 2.75) is 49.9 Å². The molecule has 0 bridgehead atoms. The Labute approximate surface area is 195 Å². The summed E-state index contributed by atoms with van der Waals surface area (Å²) >= 11 is 3.65. The molecule has 0 heterocycles. The van der Waals surface area contributed by atoms with Crippen LogP contribution in [0.15, 0.2) is 0 Å². The van der Waals surface area contributed by atoms with E-state index in [-0.39, 0.29) is 5.75 Å². The van der Waals surface area contributed by atoms with E-state index in [4.69, 9.17) is 59.3 Å². The van der Waals surface area contributed by atoms with Gasteiger partial charge in [-0.2, -0.15) is 12.6 Å². The van der Waals surface area contributed by atoms with E-state index in [1.807, 2.05) is 0 Å². The first kappa shape index (κ1) is 37.8. The number of carbonyl (C=O) groups is 5. The third-order valence-corrected chi connectivity index (χ3v) is 3.42. The highest BCUT2D eigenvalue weighted by atomic mass is 32.1. The monoisotopic (exact) mass is 505 g/mol. The van der Waals surface area contributed by atoms with Gasteiger partial charge in [0.2, 0.25) is 0 Å². The van der Waals surface area contributed by atoms with Crippen molar-refractivity contribution in [2.75, 3.05) is 18.9 Å². The van der Waals surface area contributed by atoms with Crippen molar-refractivity contribution in [3.8, 4) is 0 Å². The molecule has 4 atom stereocenters. The van der Waals surface area contributed by atoms with E-state index >= 15 is 0 Å². The highest BCUT2D eigenvalue weighted by Crippen LogP contribution is 1.97. The summed E-state index contributed by atoms with van der Waals surface area (Å²) < 4.78 is 0. The van der Waals surface area contributed by atoms with Gasteiger partial charge in [0.1, 0.15) is 24.2 Å². The number of aliphatic carboxylic acids is 5. The zero-order valence-electron chi connectivity index (χ0n) is 17.8. The Morgan fingerprint density at radius 2 is 1.06 bits per heavy atom. The molecule has 0 radical (unpaired) electrons. The second-order valence-electron chi connectivity index (χ2n) is 6.03. The number of hydrogen-bond donors (Lipinski definition) is 12. The van der Waals surface area contributed by atoms with Crippen LogP contribution in [0.5, 0.6) is 0 Å². The fourth-order valence-corrected chi connectivity index (χ4v) is 1.22. The van der Waals surface area contributed by atoms with Gasteiger partial charge in [-0.05, 0) is 19.4 Å². The number of carboxylic acid groups (broad SMARTS) is 5. The molecule has 0 aliphatic rings. The Morgan fingerprint density at radius 1 is 0.667 bits per heavy atom. The molecule has 16 N–H and O–H groups in total. The zero-order chi connectivity index (χ0) is 27.1. The SMILES string of the molecule is NCCCC[C@H](N)C(=O)O.N[C@@H](CC(=O)O)C(=O)O.N[C@@H](CO)C(=O)O.N[C@@H](CS)C(=O)O. The predicted octanol–water partition coefficient (Wildman–Crippen LogP) is -3.88. The van der Waals surface area contributed by atoms with E-state index in [0.29, 0.717) is 13.0 Å². The van der Waals surface area contributed by atoms with Crippen LogP contribution < -0.4 is 28.7 Å². The third kappa shape index (κ3) is 31.7. The minimum Gasteiger partial charge on any atom is -0.481 e. The van der Waals surface area contributed by atoms with Crippen LogP contribution in [0.1, 0.15) is 25.7 Å². The molecule has 0 aromatic heterocycles. The Kier molecular flexibility index (Phi) is 27.6. The number of hydrogen-bond acceptors (Lipinski definition) is 12. The molecule has 196 valence electrons. The van der Waals surface area contributed by atoms with E-state index in [2.05, 4.69) is 12.6 Å². The average Bonchev–Trinajstić information content (AvgIpc) is 2.73. The summed E-state index contributed by atoms with van der Waals surface area (Å²) in [6.07, 6.45) is 1.63. The van der Waals surface area contributed by atoms with Gasteiger partial charge in [-0.15, -0.1) is 0 Å². The molecule has 0 saturated carbocycles. The second-order valence-corrected chi connectivity index (χ2v) is 6.39. The second kappa shape index (κ2) is 24.1. The number of rotatable bonds is 12. The van der Waals surface area contributed by atoms with Crippen molar-refractivity contribution < 1.29 is 54.6 Å². The summed E-state index contributed by atoms with van der Waals surface area (Å²) in [6.45, 7) is 0.0989. The van der Waals surface area contributed by atoms with Crippen LogP contribution in [-0.4, -0.2) is 104 Å². The smallest absolute Gasteiger partial charge is 0.322 e. The standard InChI is InChI=1S/C6H14N2O2.C4H7NO4.C3H7NO3.C3H7NO2S/c7-4-2-1-3-5(8)6(9)10;5-2(4(8)9)1-3(6)7;4-2(1-5)3(6)7;4-2(1-7)3(5)6/h5H,1-4,7-8H2,(H,9,10);2H,1,5H2,(H,6,7)(H,8,9);2,5H,1,4H2,(H,6,7);2,7H,1,4H2,(H,5,6)/t5-;3*2-/m0000/s1. The maximum absolute atomic E-state index is 10.1. The summed E-state index contributed by atoms with van der Waals surface area (Å²) in [5.74, 6) is -5.42. The summed E-state index contributed by atoms with van der Waals surface area (Å²) in [7, 11) is 0. The average molecular weight is 506 g/mol. The van der Waals surface area contributed by atoms with Gasteiger partial charge in [-0.3, -0.25) is 24.0 Å². The van der Waals surface area contributed by atoms with Crippen LogP contribution in [0.2, 0.25) is 0 Å². The van der Waals surface area contributed by atoms with Crippen LogP contribution in [-0.2, 0) is 24.0 Å². The molecular weight excluding hydrogens is 470 g/mol. The normalized spacial score (nSPS) is 13.1. The lowest BCUT2D eigenvalue weighted by molar-refractivity contribution is -0.144. The summed E-state index contributed by atoms with van der Waals surface area (Å²) in [4.78, 5) is 49.2. The first-order valence-electron chi connectivity index (χ1n) is 9.15. The maximum atomic E-state index is 10.1. The quantitative estimate of drug-likeness (QED) is 0.0890. The molecule has 0 unspecified atom stereocenters. The lowest BCUT2D eigenvalue weighted by Crippen LogP contribution is -2.33. The van der Waals surface area contributed by atoms with Crippen molar-refractivity contribution in [1.29, 1.82) is 0 Å². The molecule has 0 spiro atoms. The van der Waals surface area contributed by atoms with E-state index in [9.17, 15) is 24.0 Å². The zero-order valence-corrected chi connectivity index (χ0v) is 18.7. The van der Waals surface area contributed by atoms with E-state index < -0.39 is 67.0 Å². The molecule has 16 nitrogen and oxygen atoms in total. The first-order chi connectivity index (χ1) is 15.1. The highest BCUT2D eigenvalue weighted by Gasteiger charge is 2.14. The molecule has 0 aliphatic heterocycles. The highest BCUT2D eigenvalue weighted by molar-refractivity contribution is 7.80. The Balaban J connectivity index is -0.000000172. The van der Waals surface area contributed by atoms with Crippen molar-refractivity contribution in [3.63, 3.8) is 0 Å². The summed E-state index contributed by atoms with van der Waals surface area (Å²) in [6, 6.07) is -3.95. The van der Waals surface area contributed by atoms with E-state index in [0.717, 1.165) is 12.8 Å². The van der Waals surface area contributed by atoms with Crippen LogP contribution in [0.25, 0.3) is 0 Å². The lowest BCUT2D eigenvalue weighted by atomic mass is 10.1. The molecule has 0 rings (SSSR count). The number of aliphatic hydroxyl groups excluding tert-OH is 1. The number of aliphatic hydroxyl groups is 1. The van der Waals surface area contributed by atoms with Gasteiger partial charge in [0.05, 0.1) is 13.0 Å². The van der Waals surface area contributed by atoms with Crippen LogP contribution >= 0.6 is 12.6 Å².